The summed E-state index contributed by atoms with van der Waals surface area (Å²) in [7, 11) is 0. The van der Waals surface area contributed by atoms with Gasteiger partial charge in [-0.2, -0.15) is 0 Å². The highest BCUT2D eigenvalue weighted by Crippen LogP contribution is 2.29. The van der Waals surface area contributed by atoms with Crippen LogP contribution in [-0.4, -0.2) is 17.8 Å². The predicted molar refractivity (Wildman–Crippen MR) is 102 cm³/mol. The molecular formula is C22H30O2. The molecule has 0 bridgehead atoms. The largest absolute Gasteiger partial charge is 0.507 e. The zero-order valence-corrected chi connectivity index (χ0v) is 15.5. The van der Waals surface area contributed by atoms with Gasteiger partial charge in [0.05, 0.1) is 12.7 Å². The Balaban J connectivity index is 2.12. The van der Waals surface area contributed by atoms with E-state index in [0.29, 0.717) is 12.4 Å². The van der Waals surface area contributed by atoms with Gasteiger partial charge in [-0.1, -0.05) is 43.2 Å². The van der Waals surface area contributed by atoms with Crippen LogP contribution in [0.1, 0.15) is 56.2 Å². The molecule has 2 rings (SSSR count). The second kappa shape index (κ2) is 8.34. The van der Waals surface area contributed by atoms with Crippen molar-refractivity contribution in [1.82, 2.24) is 0 Å². The Morgan fingerprint density at radius 1 is 1.29 bits per heavy atom. The van der Waals surface area contributed by atoms with E-state index in [2.05, 4.69) is 44.7 Å². The maximum Gasteiger partial charge on any atom is 0.121 e. The fourth-order valence-electron chi connectivity index (χ4n) is 3.38. The second-order valence-electron chi connectivity index (χ2n) is 6.86. The Morgan fingerprint density at radius 3 is 2.54 bits per heavy atom. The average Bonchev–Trinajstić information content (AvgIpc) is 2.99. The van der Waals surface area contributed by atoms with Crippen LogP contribution < -0.4 is 0 Å². The first kappa shape index (κ1) is 18.5. The van der Waals surface area contributed by atoms with Crippen LogP contribution in [0.15, 0.2) is 41.5 Å². The smallest absolute Gasteiger partial charge is 0.121 e. The molecule has 0 saturated carbocycles. The third-order valence-electron chi connectivity index (χ3n) is 4.62. The zero-order valence-electron chi connectivity index (χ0n) is 15.5. The fourth-order valence-corrected chi connectivity index (χ4v) is 3.38. The first-order valence-corrected chi connectivity index (χ1v) is 8.89. The van der Waals surface area contributed by atoms with E-state index in [-0.39, 0.29) is 6.10 Å². The number of phenolic OH excluding ortho intramolecular Hbond substituents is 1. The molecule has 0 amide bonds. The van der Waals surface area contributed by atoms with E-state index in [1.54, 1.807) is 0 Å². The topological polar surface area (TPSA) is 29.5 Å². The van der Waals surface area contributed by atoms with Gasteiger partial charge >= 0.3 is 0 Å². The molecule has 1 atom stereocenters. The molecule has 0 aromatic heterocycles. The third-order valence-corrected chi connectivity index (χ3v) is 4.62. The van der Waals surface area contributed by atoms with E-state index in [9.17, 15) is 5.11 Å². The van der Waals surface area contributed by atoms with Crippen LogP contribution in [0.4, 0.5) is 0 Å². The van der Waals surface area contributed by atoms with Crippen LogP contribution >= 0.6 is 0 Å². The molecule has 1 aromatic rings. The highest BCUT2D eigenvalue weighted by atomic mass is 16.5. The SMILES string of the molecule is C=C(C)C1=CCOC1CC/C(=C/c1cc(C)c(O)c(C)c1)CCC. The molecule has 2 heteroatoms. The zero-order chi connectivity index (χ0) is 17.7. The second-order valence-corrected chi connectivity index (χ2v) is 6.86. The molecule has 130 valence electrons. The lowest BCUT2D eigenvalue weighted by atomic mass is 9.95. The van der Waals surface area contributed by atoms with Crippen LogP contribution in [0.5, 0.6) is 5.75 Å². The van der Waals surface area contributed by atoms with Crippen LogP contribution in [0, 0.1) is 13.8 Å². The third kappa shape index (κ3) is 4.61. The summed E-state index contributed by atoms with van der Waals surface area (Å²) >= 11 is 0. The van der Waals surface area contributed by atoms with Gasteiger partial charge < -0.3 is 9.84 Å². The number of aromatic hydroxyl groups is 1. The Bertz CT molecular complexity index is 642. The van der Waals surface area contributed by atoms with Crippen molar-refractivity contribution in [3.8, 4) is 5.75 Å². The van der Waals surface area contributed by atoms with Gasteiger partial charge in [-0.25, -0.2) is 0 Å². The van der Waals surface area contributed by atoms with E-state index in [0.717, 1.165) is 42.4 Å². The first-order chi connectivity index (χ1) is 11.4. The molecule has 0 fully saturated rings. The van der Waals surface area contributed by atoms with Gasteiger partial charge in [0, 0.05) is 0 Å². The number of benzene rings is 1. The maximum absolute atomic E-state index is 9.94. The summed E-state index contributed by atoms with van der Waals surface area (Å²) in [5.74, 6) is 0.403. The first-order valence-electron chi connectivity index (χ1n) is 8.89. The van der Waals surface area contributed by atoms with Gasteiger partial charge in [0.1, 0.15) is 5.75 Å². The summed E-state index contributed by atoms with van der Waals surface area (Å²) < 4.78 is 5.85. The summed E-state index contributed by atoms with van der Waals surface area (Å²) in [5.41, 5.74) is 6.87. The van der Waals surface area contributed by atoms with Crippen LogP contribution in [-0.2, 0) is 4.74 Å². The summed E-state index contributed by atoms with van der Waals surface area (Å²) in [6.07, 6.45) is 8.88. The summed E-state index contributed by atoms with van der Waals surface area (Å²) in [6.45, 7) is 12.9. The monoisotopic (exact) mass is 326 g/mol. The molecule has 1 aliphatic heterocycles. The number of hydrogen-bond donors (Lipinski definition) is 1. The molecule has 1 aromatic carbocycles. The van der Waals surface area contributed by atoms with Gasteiger partial charge in [-0.3, -0.25) is 0 Å². The number of allylic oxidation sites excluding steroid dienone is 1. The van der Waals surface area contributed by atoms with E-state index in [4.69, 9.17) is 4.74 Å². The van der Waals surface area contributed by atoms with Gasteiger partial charge in [-0.15, -0.1) is 0 Å². The van der Waals surface area contributed by atoms with Gasteiger partial charge in [-0.05, 0) is 74.4 Å². The normalized spacial score (nSPS) is 17.9. The molecule has 0 saturated heterocycles. The molecule has 2 nitrogen and oxygen atoms in total. The van der Waals surface area contributed by atoms with Crippen molar-refractivity contribution in [2.45, 2.75) is 59.5 Å². The van der Waals surface area contributed by atoms with E-state index in [1.807, 2.05) is 13.8 Å². The number of phenols is 1. The maximum atomic E-state index is 9.94. The molecule has 1 N–H and O–H groups in total. The summed E-state index contributed by atoms with van der Waals surface area (Å²) in [4.78, 5) is 0. The quantitative estimate of drug-likeness (QED) is 0.678. The molecular weight excluding hydrogens is 296 g/mol. The minimum atomic E-state index is 0.186. The Kier molecular flexibility index (Phi) is 6.44. The van der Waals surface area contributed by atoms with Crippen molar-refractivity contribution >= 4 is 6.08 Å². The van der Waals surface area contributed by atoms with Crippen molar-refractivity contribution in [2.75, 3.05) is 6.61 Å². The van der Waals surface area contributed by atoms with E-state index in [1.165, 1.54) is 16.7 Å². The summed E-state index contributed by atoms with van der Waals surface area (Å²) in [5, 5.41) is 9.94. The number of ether oxygens (including phenoxy) is 1. The van der Waals surface area contributed by atoms with Crippen molar-refractivity contribution in [3.05, 3.63) is 58.2 Å². The Morgan fingerprint density at radius 2 is 1.96 bits per heavy atom. The highest BCUT2D eigenvalue weighted by molar-refractivity contribution is 5.58. The Labute approximate surface area is 146 Å². The molecule has 1 heterocycles. The minimum absolute atomic E-state index is 0.186. The lowest BCUT2D eigenvalue weighted by molar-refractivity contribution is 0.116. The van der Waals surface area contributed by atoms with Crippen molar-refractivity contribution in [3.63, 3.8) is 0 Å². The number of hydrogen-bond acceptors (Lipinski definition) is 2. The molecule has 1 unspecified atom stereocenters. The molecule has 0 aliphatic carbocycles. The number of rotatable bonds is 7. The van der Waals surface area contributed by atoms with Gasteiger partial charge in [0.25, 0.3) is 0 Å². The van der Waals surface area contributed by atoms with Crippen LogP contribution in [0.2, 0.25) is 0 Å². The fraction of sp³-hybridized carbons (Fsp3) is 0.455. The average molecular weight is 326 g/mol. The van der Waals surface area contributed by atoms with Crippen LogP contribution in [0.25, 0.3) is 6.08 Å². The standard InChI is InChI=1S/C22H30O2/c1-6-7-18(8-9-21-20(15(2)3)10-11-24-21)14-19-12-16(4)22(23)17(5)13-19/h10,12-14,21,23H,2,6-9,11H2,1,3-5H3/b18-14+. The molecule has 24 heavy (non-hydrogen) atoms. The van der Waals surface area contributed by atoms with E-state index < -0.39 is 0 Å². The lowest BCUT2D eigenvalue weighted by Crippen LogP contribution is -2.11. The van der Waals surface area contributed by atoms with Crippen molar-refractivity contribution in [1.29, 1.82) is 0 Å². The minimum Gasteiger partial charge on any atom is -0.507 e. The highest BCUT2D eigenvalue weighted by Gasteiger charge is 2.20. The van der Waals surface area contributed by atoms with Crippen molar-refractivity contribution in [2.24, 2.45) is 0 Å². The lowest BCUT2D eigenvalue weighted by Gasteiger charge is -2.16. The van der Waals surface area contributed by atoms with Crippen LogP contribution in [0.3, 0.4) is 0 Å². The molecule has 1 aliphatic rings. The Hall–Kier alpha value is -1.80. The van der Waals surface area contributed by atoms with Crippen molar-refractivity contribution < 1.29 is 9.84 Å². The number of aryl methyl sites for hydroxylation is 2. The van der Waals surface area contributed by atoms with Gasteiger partial charge in [0.15, 0.2) is 0 Å². The summed E-state index contributed by atoms with van der Waals surface area (Å²) in [6, 6.07) is 4.12. The van der Waals surface area contributed by atoms with E-state index >= 15 is 0 Å². The predicted octanol–water partition coefficient (Wildman–Crippen LogP) is 5.87. The molecule has 0 radical (unpaired) electrons. The van der Waals surface area contributed by atoms with Gasteiger partial charge in [0.2, 0.25) is 0 Å². The molecule has 0 spiro atoms.